The van der Waals surface area contributed by atoms with Crippen molar-refractivity contribution in [2.75, 3.05) is 37.9 Å². The molecule has 2 heterocycles. The molecule has 0 aliphatic carbocycles. The molecule has 1 aliphatic rings. The molecular formula is C30H29ClFN5O4. The summed E-state index contributed by atoms with van der Waals surface area (Å²) in [4.78, 5) is 23.3. The van der Waals surface area contributed by atoms with Crippen LogP contribution >= 0.6 is 11.6 Å². The molecule has 1 fully saturated rings. The van der Waals surface area contributed by atoms with Gasteiger partial charge in [0.15, 0.2) is 0 Å². The number of rotatable bonds is 10. The summed E-state index contributed by atoms with van der Waals surface area (Å²) in [5.74, 6) is 0.828. The van der Waals surface area contributed by atoms with E-state index in [1.165, 1.54) is 24.5 Å². The Hall–Kier alpha value is -4.41. The minimum absolute atomic E-state index is 0.122. The van der Waals surface area contributed by atoms with E-state index < -0.39 is 0 Å². The highest BCUT2D eigenvalue weighted by molar-refractivity contribution is 6.32. The fourth-order valence-corrected chi connectivity index (χ4v) is 4.41. The second-order valence-electron chi connectivity index (χ2n) is 9.65. The van der Waals surface area contributed by atoms with Gasteiger partial charge in [-0.2, -0.15) is 0 Å². The lowest BCUT2D eigenvalue weighted by Gasteiger charge is -2.18. The van der Waals surface area contributed by atoms with E-state index in [0.717, 1.165) is 6.42 Å². The summed E-state index contributed by atoms with van der Waals surface area (Å²) < 4.78 is 30.9. The van der Waals surface area contributed by atoms with Gasteiger partial charge in [0.1, 0.15) is 42.2 Å². The highest BCUT2D eigenvalue weighted by atomic mass is 35.5. The van der Waals surface area contributed by atoms with Crippen molar-refractivity contribution in [1.29, 1.82) is 0 Å². The molecule has 0 spiro atoms. The second-order valence-corrected chi connectivity index (χ2v) is 10.1. The van der Waals surface area contributed by atoms with Crippen LogP contribution in [0.25, 0.3) is 10.9 Å². The summed E-state index contributed by atoms with van der Waals surface area (Å²) in [5, 5.41) is 7.22. The predicted molar refractivity (Wildman–Crippen MR) is 156 cm³/mol. The maximum absolute atomic E-state index is 13.5. The number of fused-ring (bicyclic) bond motifs is 1. The van der Waals surface area contributed by atoms with Gasteiger partial charge in [-0.05, 0) is 42.0 Å². The van der Waals surface area contributed by atoms with E-state index in [1.807, 2.05) is 14.1 Å². The first-order chi connectivity index (χ1) is 19.8. The number of hydrogen-bond acceptors (Lipinski definition) is 8. The number of ether oxygens (including phenoxy) is 3. The number of carbonyl (C=O) groups is 1. The van der Waals surface area contributed by atoms with E-state index in [9.17, 15) is 9.18 Å². The topological polar surface area (TPSA) is 97.8 Å². The number of nitrogens with zero attached hydrogens (tertiary/aromatic N) is 3. The van der Waals surface area contributed by atoms with E-state index in [2.05, 4.69) is 20.6 Å². The van der Waals surface area contributed by atoms with Crippen LogP contribution in [0.1, 0.15) is 12.0 Å². The van der Waals surface area contributed by atoms with Crippen LogP contribution in [0.15, 0.2) is 73.2 Å². The fourth-order valence-electron chi connectivity index (χ4n) is 4.18. The second kappa shape index (κ2) is 12.8. The minimum Gasteiger partial charge on any atom is -0.487 e. The van der Waals surface area contributed by atoms with Crippen molar-refractivity contribution in [1.82, 2.24) is 14.9 Å². The van der Waals surface area contributed by atoms with E-state index in [-0.39, 0.29) is 24.4 Å². The molecule has 41 heavy (non-hydrogen) atoms. The van der Waals surface area contributed by atoms with E-state index in [4.69, 9.17) is 25.8 Å². The predicted octanol–water partition coefficient (Wildman–Crippen LogP) is 5.93. The van der Waals surface area contributed by atoms with Gasteiger partial charge in [-0.3, -0.25) is 4.79 Å². The van der Waals surface area contributed by atoms with E-state index in [0.29, 0.717) is 63.4 Å². The molecule has 0 bridgehead atoms. The van der Waals surface area contributed by atoms with Gasteiger partial charge < -0.3 is 29.7 Å². The monoisotopic (exact) mass is 577 g/mol. The first kappa shape index (κ1) is 28.1. The largest absolute Gasteiger partial charge is 0.487 e. The number of benzene rings is 3. The molecule has 5 rings (SSSR count). The Balaban J connectivity index is 1.39. The first-order valence-corrected chi connectivity index (χ1v) is 13.3. The molecule has 9 nitrogen and oxygen atoms in total. The SMILES string of the molecule is CN(C)/C=C/C(=O)Nc1cc2c(Nc3ccc(OCc4cccc(F)c4)c(Cl)c3)ncnc2cc1OC1CCOC1. The fraction of sp³-hybridized carbons (Fsp3) is 0.233. The normalized spacial score (nSPS) is 14.8. The van der Waals surface area contributed by atoms with Gasteiger partial charge in [0.2, 0.25) is 5.91 Å². The van der Waals surface area contributed by atoms with Crippen molar-refractivity contribution in [2.24, 2.45) is 0 Å². The van der Waals surface area contributed by atoms with Crippen molar-refractivity contribution in [3.8, 4) is 11.5 Å². The average Bonchev–Trinajstić information content (AvgIpc) is 3.45. The van der Waals surface area contributed by atoms with Crippen LogP contribution in [-0.4, -0.2) is 54.2 Å². The number of carbonyl (C=O) groups excluding carboxylic acids is 1. The minimum atomic E-state index is -0.326. The molecule has 212 valence electrons. The molecule has 1 atom stereocenters. The van der Waals surface area contributed by atoms with Crippen LogP contribution in [0.4, 0.5) is 21.6 Å². The summed E-state index contributed by atoms with van der Waals surface area (Å²) in [7, 11) is 3.66. The number of nitrogens with one attached hydrogen (secondary N) is 2. The third-order valence-electron chi connectivity index (χ3n) is 6.18. The summed E-state index contributed by atoms with van der Waals surface area (Å²) in [5.41, 5.74) is 2.46. The average molecular weight is 578 g/mol. The zero-order valence-corrected chi connectivity index (χ0v) is 23.3. The Bertz CT molecular complexity index is 1580. The molecule has 3 aromatic carbocycles. The lowest BCUT2D eigenvalue weighted by molar-refractivity contribution is -0.112. The van der Waals surface area contributed by atoms with Crippen LogP contribution in [0.2, 0.25) is 5.02 Å². The number of halogens is 2. The molecule has 0 radical (unpaired) electrons. The molecular weight excluding hydrogens is 549 g/mol. The number of anilines is 3. The van der Waals surface area contributed by atoms with Crippen molar-refractivity contribution in [2.45, 2.75) is 19.1 Å². The number of amides is 1. The standard InChI is InChI=1S/C30H29ClFN5O4/c1-37(2)10-8-29(38)36-26-14-23-25(15-28(26)41-22-9-11-39-17-22)33-18-34-30(23)35-21-6-7-27(24(31)13-21)40-16-19-4-3-5-20(32)12-19/h3-8,10,12-15,18,22H,9,11,16-17H2,1-2H3,(H,36,38)(H,33,34,35)/b10-8+. The molecule has 1 aliphatic heterocycles. The first-order valence-electron chi connectivity index (χ1n) is 13.0. The Morgan fingerprint density at radius 2 is 2.05 bits per heavy atom. The van der Waals surface area contributed by atoms with Gasteiger partial charge >= 0.3 is 0 Å². The number of aromatic nitrogens is 2. The summed E-state index contributed by atoms with van der Waals surface area (Å²) in [6.07, 6.45) is 5.18. The van der Waals surface area contributed by atoms with Crippen molar-refractivity contribution < 1.29 is 23.4 Å². The third kappa shape index (κ3) is 7.41. The van der Waals surface area contributed by atoms with Gasteiger partial charge in [0.05, 0.1) is 29.4 Å². The highest BCUT2D eigenvalue weighted by Crippen LogP contribution is 2.36. The summed E-state index contributed by atoms with van der Waals surface area (Å²) >= 11 is 6.49. The van der Waals surface area contributed by atoms with Crippen molar-refractivity contribution in [3.63, 3.8) is 0 Å². The maximum Gasteiger partial charge on any atom is 0.249 e. The molecule has 1 amide bonds. The zero-order valence-electron chi connectivity index (χ0n) is 22.6. The lowest BCUT2D eigenvalue weighted by Crippen LogP contribution is -2.18. The van der Waals surface area contributed by atoms with Crippen molar-refractivity contribution in [3.05, 3.63) is 89.6 Å². The van der Waals surface area contributed by atoms with Gasteiger partial charge in [-0.25, -0.2) is 14.4 Å². The molecule has 0 saturated carbocycles. The molecule has 1 saturated heterocycles. The molecule has 1 unspecified atom stereocenters. The van der Waals surface area contributed by atoms with Gasteiger partial charge in [-0.15, -0.1) is 0 Å². The Morgan fingerprint density at radius 1 is 1.17 bits per heavy atom. The Morgan fingerprint density at radius 3 is 2.80 bits per heavy atom. The van der Waals surface area contributed by atoms with E-state index >= 15 is 0 Å². The molecule has 2 N–H and O–H groups in total. The van der Waals surface area contributed by atoms with Gasteiger partial charge in [-0.1, -0.05) is 23.7 Å². The summed E-state index contributed by atoms with van der Waals surface area (Å²) in [6.45, 7) is 1.28. The van der Waals surface area contributed by atoms with Crippen LogP contribution < -0.4 is 20.1 Å². The van der Waals surface area contributed by atoms with Crippen molar-refractivity contribution >= 4 is 45.6 Å². The van der Waals surface area contributed by atoms with Gasteiger partial charge in [0, 0.05) is 49.9 Å². The lowest BCUT2D eigenvalue weighted by atomic mass is 10.1. The van der Waals surface area contributed by atoms with Crippen LogP contribution in [0.5, 0.6) is 11.5 Å². The van der Waals surface area contributed by atoms with Gasteiger partial charge in [0.25, 0.3) is 0 Å². The smallest absolute Gasteiger partial charge is 0.249 e. The molecule has 1 aromatic heterocycles. The quantitative estimate of drug-likeness (QED) is 0.224. The third-order valence-corrected chi connectivity index (χ3v) is 6.47. The summed E-state index contributed by atoms with van der Waals surface area (Å²) in [6, 6.07) is 15.0. The van der Waals surface area contributed by atoms with Crippen LogP contribution in [0.3, 0.4) is 0 Å². The van der Waals surface area contributed by atoms with Crippen LogP contribution in [-0.2, 0) is 16.1 Å². The van der Waals surface area contributed by atoms with Crippen LogP contribution in [0, 0.1) is 5.82 Å². The Kier molecular flexibility index (Phi) is 8.81. The zero-order chi connectivity index (χ0) is 28.8. The number of hydrogen-bond donors (Lipinski definition) is 2. The maximum atomic E-state index is 13.5. The molecule has 4 aromatic rings. The highest BCUT2D eigenvalue weighted by Gasteiger charge is 2.21. The van der Waals surface area contributed by atoms with E-state index in [1.54, 1.807) is 53.6 Å². The molecule has 11 heteroatoms. The Labute approximate surface area is 241 Å².